The highest BCUT2D eigenvalue weighted by Gasteiger charge is 2.26. The molecule has 4 heteroatoms. The number of nitrogens with zero attached hydrogens (tertiary/aromatic N) is 1. The number of carbonyl (C=O) groups is 1. The maximum Gasteiger partial charge on any atom is 0.320 e. The van der Waals surface area contributed by atoms with Crippen LogP contribution in [0.4, 0.5) is 5.69 Å². The van der Waals surface area contributed by atoms with E-state index in [0.29, 0.717) is 12.3 Å². The molecule has 0 spiro atoms. The lowest BCUT2D eigenvalue weighted by atomic mass is 10.00. The quantitative estimate of drug-likeness (QED) is 0.870. The molecule has 0 bridgehead atoms. The van der Waals surface area contributed by atoms with Gasteiger partial charge in [-0.3, -0.25) is 4.79 Å². The molecule has 0 amide bonds. The van der Waals surface area contributed by atoms with Crippen LogP contribution in [0.15, 0.2) is 18.2 Å². The Morgan fingerprint density at radius 1 is 1.42 bits per heavy atom. The number of aliphatic carboxylic acids is 1. The van der Waals surface area contributed by atoms with E-state index in [-0.39, 0.29) is 0 Å². The summed E-state index contributed by atoms with van der Waals surface area (Å²) in [6.45, 7) is 6.10. The second kappa shape index (κ2) is 5.61. The van der Waals surface area contributed by atoms with E-state index in [1.54, 1.807) is 0 Å². The Kier molecular flexibility index (Phi) is 4.10. The summed E-state index contributed by atoms with van der Waals surface area (Å²) in [4.78, 5) is 13.1. The normalized spacial score (nSPS) is 20.6. The molecule has 0 radical (unpaired) electrons. The van der Waals surface area contributed by atoms with Crippen LogP contribution in [0.3, 0.4) is 0 Å². The van der Waals surface area contributed by atoms with Gasteiger partial charge in [0.2, 0.25) is 0 Å². The average molecular weight is 262 g/mol. The lowest BCUT2D eigenvalue weighted by Gasteiger charge is -2.20. The maximum absolute atomic E-state index is 10.8. The minimum Gasteiger partial charge on any atom is -0.480 e. The van der Waals surface area contributed by atoms with E-state index in [0.717, 1.165) is 19.5 Å². The predicted octanol–water partition coefficient (Wildman–Crippen LogP) is 1.93. The van der Waals surface area contributed by atoms with Gasteiger partial charge in [0.15, 0.2) is 0 Å². The average Bonchev–Trinajstić information content (AvgIpc) is 2.76. The zero-order valence-corrected chi connectivity index (χ0v) is 11.6. The van der Waals surface area contributed by atoms with Gasteiger partial charge in [0.25, 0.3) is 0 Å². The zero-order chi connectivity index (χ0) is 14.0. The molecule has 2 rings (SSSR count). The monoisotopic (exact) mass is 262 g/mol. The lowest BCUT2D eigenvalue weighted by Crippen LogP contribution is -2.33. The molecule has 2 unspecified atom stereocenters. The highest BCUT2D eigenvalue weighted by molar-refractivity contribution is 5.73. The first kappa shape index (κ1) is 13.9. The van der Waals surface area contributed by atoms with Crippen LogP contribution in [-0.4, -0.2) is 30.2 Å². The van der Waals surface area contributed by atoms with E-state index in [2.05, 4.69) is 36.9 Å². The number of hydrogen-bond donors (Lipinski definition) is 2. The fourth-order valence-electron chi connectivity index (χ4n) is 2.85. The van der Waals surface area contributed by atoms with Crippen molar-refractivity contribution in [3.05, 3.63) is 29.3 Å². The van der Waals surface area contributed by atoms with Crippen LogP contribution in [0, 0.1) is 19.8 Å². The summed E-state index contributed by atoms with van der Waals surface area (Å²) in [5.74, 6) is -0.517. The number of carboxylic acids is 1. The predicted molar refractivity (Wildman–Crippen MR) is 76.5 cm³/mol. The summed E-state index contributed by atoms with van der Waals surface area (Å²) in [7, 11) is 0. The highest BCUT2D eigenvalue weighted by Crippen LogP contribution is 2.27. The number of rotatable bonds is 4. The molecular weight excluding hydrogens is 240 g/mol. The lowest BCUT2D eigenvalue weighted by molar-refractivity contribution is -0.138. The molecule has 2 atom stereocenters. The van der Waals surface area contributed by atoms with Gasteiger partial charge in [-0.15, -0.1) is 0 Å². The number of nitrogens with two attached hydrogens (primary N) is 1. The van der Waals surface area contributed by atoms with Gasteiger partial charge in [0.1, 0.15) is 6.04 Å². The molecule has 104 valence electrons. The third kappa shape index (κ3) is 3.47. The number of aryl methyl sites for hydroxylation is 2. The Hall–Kier alpha value is -1.55. The molecule has 1 fully saturated rings. The molecule has 1 aliphatic rings. The topological polar surface area (TPSA) is 66.6 Å². The molecular formula is C15H22N2O2. The van der Waals surface area contributed by atoms with Gasteiger partial charge < -0.3 is 15.7 Å². The van der Waals surface area contributed by atoms with Gasteiger partial charge in [-0.1, -0.05) is 6.07 Å². The van der Waals surface area contributed by atoms with Crippen molar-refractivity contribution in [1.29, 1.82) is 0 Å². The van der Waals surface area contributed by atoms with Crippen LogP contribution in [0.5, 0.6) is 0 Å². The van der Waals surface area contributed by atoms with E-state index in [1.165, 1.54) is 16.8 Å². The standard InChI is InChI=1S/C15H22N2O2/c1-10-5-11(2)7-13(6-10)17-4-3-12(9-17)8-14(16)15(18)19/h5-7,12,14H,3-4,8-9,16H2,1-2H3,(H,18,19). The number of hydrogen-bond acceptors (Lipinski definition) is 3. The van der Waals surface area contributed by atoms with E-state index >= 15 is 0 Å². The summed E-state index contributed by atoms with van der Waals surface area (Å²) in [6.07, 6.45) is 1.59. The van der Waals surface area contributed by atoms with Crippen molar-refractivity contribution < 1.29 is 9.90 Å². The number of carboxylic acid groups (broad SMARTS) is 1. The summed E-state index contributed by atoms with van der Waals surface area (Å²) in [6, 6.07) is 5.81. The first-order valence-corrected chi connectivity index (χ1v) is 6.77. The molecule has 0 aromatic heterocycles. The Bertz CT molecular complexity index is 453. The molecule has 1 aliphatic heterocycles. The fraction of sp³-hybridized carbons (Fsp3) is 0.533. The second-order valence-corrected chi connectivity index (χ2v) is 5.63. The summed E-state index contributed by atoms with van der Waals surface area (Å²) in [5.41, 5.74) is 9.38. The molecule has 3 N–H and O–H groups in total. The van der Waals surface area contributed by atoms with Crippen LogP contribution < -0.4 is 10.6 Å². The van der Waals surface area contributed by atoms with Crippen molar-refractivity contribution >= 4 is 11.7 Å². The fourth-order valence-corrected chi connectivity index (χ4v) is 2.85. The number of anilines is 1. The SMILES string of the molecule is Cc1cc(C)cc(N2CCC(CC(N)C(=O)O)C2)c1. The molecule has 19 heavy (non-hydrogen) atoms. The number of benzene rings is 1. The molecule has 0 aliphatic carbocycles. The Morgan fingerprint density at radius 3 is 2.63 bits per heavy atom. The van der Waals surface area contributed by atoms with Crippen LogP contribution in [0.25, 0.3) is 0 Å². The van der Waals surface area contributed by atoms with Crippen LogP contribution >= 0.6 is 0 Å². The molecule has 4 nitrogen and oxygen atoms in total. The van der Waals surface area contributed by atoms with Gasteiger partial charge in [-0.2, -0.15) is 0 Å². The van der Waals surface area contributed by atoms with Crippen molar-refractivity contribution in [3.8, 4) is 0 Å². The van der Waals surface area contributed by atoms with Gasteiger partial charge in [-0.05, 0) is 55.9 Å². The molecule has 1 aromatic rings. The van der Waals surface area contributed by atoms with Gasteiger partial charge in [0, 0.05) is 18.8 Å². The van der Waals surface area contributed by atoms with Crippen molar-refractivity contribution in [3.63, 3.8) is 0 Å². The zero-order valence-electron chi connectivity index (χ0n) is 11.6. The second-order valence-electron chi connectivity index (χ2n) is 5.63. The largest absolute Gasteiger partial charge is 0.480 e. The van der Waals surface area contributed by atoms with Gasteiger partial charge in [0.05, 0.1) is 0 Å². The molecule has 1 saturated heterocycles. The molecule has 1 aromatic carbocycles. The maximum atomic E-state index is 10.8. The Balaban J connectivity index is 2.00. The first-order chi connectivity index (χ1) is 8.95. The van der Waals surface area contributed by atoms with E-state index in [1.807, 2.05) is 0 Å². The Morgan fingerprint density at radius 2 is 2.05 bits per heavy atom. The summed E-state index contributed by atoms with van der Waals surface area (Å²) in [5, 5.41) is 8.86. The summed E-state index contributed by atoms with van der Waals surface area (Å²) >= 11 is 0. The van der Waals surface area contributed by atoms with Crippen LogP contribution in [-0.2, 0) is 4.79 Å². The van der Waals surface area contributed by atoms with E-state index in [4.69, 9.17) is 10.8 Å². The minimum absolute atomic E-state index is 0.381. The minimum atomic E-state index is -0.898. The Labute approximate surface area is 114 Å². The van der Waals surface area contributed by atoms with Crippen molar-refractivity contribution in [1.82, 2.24) is 0 Å². The molecule has 1 heterocycles. The van der Waals surface area contributed by atoms with E-state index < -0.39 is 12.0 Å². The van der Waals surface area contributed by atoms with Crippen molar-refractivity contribution in [2.45, 2.75) is 32.7 Å². The molecule has 0 saturated carbocycles. The van der Waals surface area contributed by atoms with Crippen LogP contribution in [0.1, 0.15) is 24.0 Å². The van der Waals surface area contributed by atoms with Gasteiger partial charge in [-0.25, -0.2) is 0 Å². The third-order valence-electron chi connectivity index (χ3n) is 3.76. The summed E-state index contributed by atoms with van der Waals surface area (Å²) < 4.78 is 0. The smallest absolute Gasteiger partial charge is 0.320 e. The van der Waals surface area contributed by atoms with E-state index in [9.17, 15) is 4.79 Å². The van der Waals surface area contributed by atoms with Crippen molar-refractivity contribution in [2.75, 3.05) is 18.0 Å². The van der Waals surface area contributed by atoms with Gasteiger partial charge >= 0.3 is 5.97 Å². The highest BCUT2D eigenvalue weighted by atomic mass is 16.4. The third-order valence-corrected chi connectivity index (χ3v) is 3.76. The first-order valence-electron chi connectivity index (χ1n) is 6.77. The van der Waals surface area contributed by atoms with Crippen molar-refractivity contribution in [2.24, 2.45) is 11.7 Å². The van der Waals surface area contributed by atoms with Crippen LogP contribution in [0.2, 0.25) is 0 Å².